The summed E-state index contributed by atoms with van der Waals surface area (Å²) in [6, 6.07) is 0. The molecule has 0 aliphatic heterocycles. The standard InChI is InChI=1S/C3H3F6NO/c4-2(5,6)1(11-10)3(7,8)9/h1H,10H2. The summed E-state index contributed by atoms with van der Waals surface area (Å²) in [5.41, 5.74) is 0. The first kappa shape index (κ1) is 10.5. The topological polar surface area (TPSA) is 35.2 Å². The van der Waals surface area contributed by atoms with Gasteiger partial charge >= 0.3 is 12.4 Å². The van der Waals surface area contributed by atoms with Gasteiger partial charge in [0, 0.05) is 0 Å². The number of rotatable bonds is 1. The van der Waals surface area contributed by atoms with Crippen LogP contribution in [0.25, 0.3) is 0 Å². The lowest BCUT2D eigenvalue weighted by Crippen LogP contribution is -2.45. The van der Waals surface area contributed by atoms with Crippen LogP contribution in [-0.2, 0) is 4.84 Å². The van der Waals surface area contributed by atoms with Gasteiger partial charge in [-0.3, -0.25) is 4.84 Å². The molecule has 0 rings (SSSR count). The SMILES string of the molecule is NOC(C(F)(F)F)C(F)(F)F. The number of hydrogen-bond donors (Lipinski definition) is 1. The molecule has 0 saturated carbocycles. The Labute approximate surface area is 56.9 Å². The molecule has 0 aliphatic rings. The van der Waals surface area contributed by atoms with Crippen molar-refractivity contribution < 1.29 is 31.2 Å². The molecule has 0 saturated heterocycles. The highest BCUT2D eigenvalue weighted by Gasteiger charge is 2.58. The maximum atomic E-state index is 11.3. The Balaban J connectivity index is 4.43. The van der Waals surface area contributed by atoms with Crippen molar-refractivity contribution in [1.82, 2.24) is 0 Å². The summed E-state index contributed by atoms with van der Waals surface area (Å²) in [5.74, 6) is 3.81. The minimum Gasteiger partial charge on any atom is -0.282 e. The third kappa shape index (κ3) is 2.93. The van der Waals surface area contributed by atoms with E-state index >= 15 is 0 Å². The number of nitrogens with two attached hydrogens (primary N) is 1. The van der Waals surface area contributed by atoms with Gasteiger partial charge in [-0.05, 0) is 0 Å². The highest BCUT2D eigenvalue weighted by molar-refractivity contribution is 4.74. The van der Waals surface area contributed by atoms with Gasteiger partial charge in [-0.2, -0.15) is 26.3 Å². The summed E-state index contributed by atoms with van der Waals surface area (Å²) in [4.78, 5) is 2.73. The first-order chi connectivity index (χ1) is 4.69. The molecule has 0 aromatic carbocycles. The van der Waals surface area contributed by atoms with E-state index in [-0.39, 0.29) is 0 Å². The van der Waals surface area contributed by atoms with E-state index in [1.165, 1.54) is 0 Å². The maximum Gasteiger partial charge on any atom is 0.425 e. The predicted octanol–water partition coefficient (Wildman–Crippen LogP) is 1.37. The zero-order valence-corrected chi connectivity index (χ0v) is 4.83. The zero-order chi connectivity index (χ0) is 9.28. The molecule has 68 valence electrons. The second-order valence-electron chi connectivity index (χ2n) is 1.60. The number of alkyl halides is 6. The molecule has 0 fully saturated rings. The van der Waals surface area contributed by atoms with Crippen LogP contribution in [0.1, 0.15) is 0 Å². The van der Waals surface area contributed by atoms with Gasteiger partial charge in [0.05, 0.1) is 0 Å². The smallest absolute Gasteiger partial charge is 0.282 e. The van der Waals surface area contributed by atoms with Crippen molar-refractivity contribution in [2.45, 2.75) is 18.5 Å². The van der Waals surface area contributed by atoms with Gasteiger partial charge in [0.2, 0.25) is 0 Å². The van der Waals surface area contributed by atoms with E-state index < -0.39 is 18.5 Å². The predicted molar refractivity (Wildman–Crippen MR) is 21.2 cm³/mol. The van der Waals surface area contributed by atoms with Gasteiger partial charge in [-0.15, -0.1) is 0 Å². The molecular weight excluding hydrogens is 180 g/mol. The fraction of sp³-hybridized carbons (Fsp3) is 1.00. The maximum absolute atomic E-state index is 11.3. The fourth-order valence-electron chi connectivity index (χ4n) is 0.340. The van der Waals surface area contributed by atoms with Crippen LogP contribution in [0.2, 0.25) is 0 Å². The van der Waals surface area contributed by atoms with Crippen LogP contribution in [0.15, 0.2) is 0 Å². The van der Waals surface area contributed by atoms with Gasteiger partial charge in [-0.25, -0.2) is 5.90 Å². The van der Waals surface area contributed by atoms with Crippen LogP contribution in [0.5, 0.6) is 0 Å². The molecule has 11 heavy (non-hydrogen) atoms. The second kappa shape index (κ2) is 2.86. The van der Waals surface area contributed by atoms with Crippen LogP contribution in [-0.4, -0.2) is 18.5 Å². The van der Waals surface area contributed by atoms with Crippen LogP contribution < -0.4 is 5.90 Å². The highest BCUT2D eigenvalue weighted by atomic mass is 19.4. The molecule has 2 nitrogen and oxygen atoms in total. The summed E-state index contributed by atoms with van der Waals surface area (Å²) in [7, 11) is 0. The van der Waals surface area contributed by atoms with Crippen molar-refractivity contribution in [2.24, 2.45) is 5.90 Å². The van der Waals surface area contributed by atoms with Crippen molar-refractivity contribution in [3.8, 4) is 0 Å². The summed E-state index contributed by atoms with van der Waals surface area (Å²) in [6.07, 6.45) is -14.9. The Bertz CT molecular complexity index is 113. The normalized spacial score (nSPS) is 14.2. The Morgan fingerprint density at radius 3 is 1.18 bits per heavy atom. The van der Waals surface area contributed by atoms with Crippen molar-refractivity contribution in [3.05, 3.63) is 0 Å². The lowest BCUT2D eigenvalue weighted by molar-refractivity contribution is -0.323. The van der Waals surface area contributed by atoms with Crippen molar-refractivity contribution in [2.75, 3.05) is 0 Å². The molecule has 0 unspecified atom stereocenters. The van der Waals surface area contributed by atoms with E-state index in [9.17, 15) is 26.3 Å². The van der Waals surface area contributed by atoms with Crippen molar-refractivity contribution >= 4 is 0 Å². The number of hydrogen-bond acceptors (Lipinski definition) is 2. The summed E-state index contributed by atoms with van der Waals surface area (Å²) < 4.78 is 67.7. The molecule has 0 aromatic heterocycles. The van der Waals surface area contributed by atoms with Gasteiger partial charge in [0.25, 0.3) is 6.10 Å². The van der Waals surface area contributed by atoms with Gasteiger partial charge in [0.15, 0.2) is 0 Å². The molecular formula is C3H3F6NO. The van der Waals surface area contributed by atoms with Crippen LogP contribution >= 0.6 is 0 Å². The quantitative estimate of drug-likeness (QED) is 0.492. The summed E-state index contributed by atoms with van der Waals surface area (Å²) in [5, 5.41) is 0. The summed E-state index contributed by atoms with van der Waals surface area (Å²) in [6.45, 7) is 0. The fourth-order valence-corrected chi connectivity index (χ4v) is 0.340. The van der Waals surface area contributed by atoms with E-state index in [1.807, 2.05) is 0 Å². The first-order valence-corrected chi connectivity index (χ1v) is 2.18. The second-order valence-corrected chi connectivity index (χ2v) is 1.60. The van der Waals surface area contributed by atoms with Crippen molar-refractivity contribution in [3.63, 3.8) is 0 Å². The number of halogens is 6. The lowest BCUT2D eigenvalue weighted by atomic mass is 10.3. The zero-order valence-electron chi connectivity index (χ0n) is 4.83. The third-order valence-corrected chi connectivity index (χ3v) is 0.731. The first-order valence-electron chi connectivity index (χ1n) is 2.18. The summed E-state index contributed by atoms with van der Waals surface area (Å²) >= 11 is 0. The highest BCUT2D eigenvalue weighted by Crippen LogP contribution is 2.34. The van der Waals surface area contributed by atoms with E-state index in [2.05, 4.69) is 10.7 Å². The molecule has 2 N–H and O–H groups in total. The van der Waals surface area contributed by atoms with Gasteiger partial charge < -0.3 is 0 Å². The average Bonchev–Trinajstić information content (AvgIpc) is 1.56. The van der Waals surface area contributed by atoms with Crippen LogP contribution in [0, 0.1) is 0 Å². The molecule has 0 atom stereocenters. The Morgan fingerprint density at radius 2 is 1.18 bits per heavy atom. The Hall–Kier alpha value is -0.500. The minimum absolute atomic E-state index is 2.73. The minimum atomic E-state index is -5.52. The average molecular weight is 183 g/mol. The monoisotopic (exact) mass is 183 g/mol. The molecule has 0 aliphatic carbocycles. The molecule has 0 spiro atoms. The van der Waals surface area contributed by atoms with Gasteiger partial charge in [-0.1, -0.05) is 0 Å². The lowest BCUT2D eigenvalue weighted by Gasteiger charge is -2.19. The molecule has 0 amide bonds. The molecule has 0 aromatic rings. The van der Waals surface area contributed by atoms with Crippen LogP contribution in [0.3, 0.4) is 0 Å². The van der Waals surface area contributed by atoms with Gasteiger partial charge in [0.1, 0.15) is 0 Å². The van der Waals surface area contributed by atoms with E-state index in [0.29, 0.717) is 0 Å². The van der Waals surface area contributed by atoms with E-state index in [0.717, 1.165) is 0 Å². The molecule has 0 heterocycles. The molecule has 8 heteroatoms. The molecule has 0 radical (unpaired) electrons. The van der Waals surface area contributed by atoms with E-state index in [1.54, 1.807) is 0 Å². The Kier molecular flexibility index (Phi) is 2.73. The van der Waals surface area contributed by atoms with Crippen LogP contribution in [0.4, 0.5) is 26.3 Å². The third-order valence-electron chi connectivity index (χ3n) is 0.731. The van der Waals surface area contributed by atoms with Crippen molar-refractivity contribution in [1.29, 1.82) is 0 Å². The Morgan fingerprint density at radius 1 is 0.909 bits per heavy atom. The largest absolute Gasteiger partial charge is 0.425 e. The molecule has 0 bridgehead atoms. The van der Waals surface area contributed by atoms with E-state index in [4.69, 9.17) is 0 Å².